The number of rotatable bonds is 5. The molecule has 0 spiro atoms. The highest BCUT2D eigenvalue weighted by Gasteiger charge is 2.09. The molecule has 0 atom stereocenters. The molecule has 110 valence electrons. The zero-order chi connectivity index (χ0) is 15.2. The quantitative estimate of drug-likeness (QED) is 0.895. The molecule has 0 aliphatic rings. The number of nitrogens with one attached hydrogen (secondary N) is 1. The molecule has 1 heterocycles. The summed E-state index contributed by atoms with van der Waals surface area (Å²) in [6, 6.07) is 5.34. The summed E-state index contributed by atoms with van der Waals surface area (Å²) >= 11 is 3.23. The van der Waals surface area contributed by atoms with Crippen LogP contribution in [0.2, 0.25) is 0 Å². The maximum Gasteiger partial charge on any atom is 0.231 e. The van der Waals surface area contributed by atoms with E-state index in [9.17, 15) is 4.79 Å². The van der Waals surface area contributed by atoms with Crippen LogP contribution in [0.3, 0.4) is 0 Å². The molecule has 1 aromatic heterocycles. The molecule has 6 nitrogen and oxygen atoms in total. The Labute approximate surface area is 130 Å². The van der Waals surface area contributed by atoms with Gasteiger partial charge in [0.05, 0.1) is 25.1 Å². The fourth-order valence-corrected chi connectivity index (χ4v) is 1.93. The highest BCUT2D eigenvalue weighted by Crippen LogP contribution is 2.27. The van der Waals surface area contributed by atoms with Crippen molar-refractivity contribution < 1.29 is 14.3 Å². The average Bonchev–Trinajstić information content (AvgIpc) is 2.49. The Morgan fingerprint density at radius 2 is 1.86 bits per heavy atom. The number of hydrogen-bond donors (Lipinski definition) is 1. The van der Waals surface area contributed by atoms with Gasteiger partial charge in [-0.3, -0.25) is 10.1 Å². The maximum atomic E-state index is 11.9. The van der Waals surface area contributed by atoms with Crippen molar-refractivity contribution in [2.24, 2.45) is 0 Å². The number of hydrogen-bond acceptors (Lipinski definition) is 5. The molecule has 0 fully saturated rings. The largest absolute Gasteiger partial charge is 0.493 e. The Balaban J connectivity index is 2.04. The molecule has 0 saturated heterocycles. The number of methoxy groups -OCH3 is 2. The van der Waals surface area contributed by atoms with Crippen LogP contribution in [0.4, 0.5) is 5.95 Å². The summed E-state index contributed by atoms with van der Waals surface area (Å²) in [5.74, 6) is 1.27. The smallest absolute Gasteiger partial charge is 0.231 e. The molecule has 0 aliphatic carbocycles. The molecule has 2 rings (SSSR count). The van der Waals surface area contributed by atoms with Gasteiger partial charge in [-0.15, -0.1) is 0 Å². The van der Waals surface area contributed by atoms with Crippen molar-refractivity contribution in [3.8, 4) is 11.5 Å². The van der Waals surface area contributed by atoms with E-state index < -0.39 is 0 Å². The van der Waals surface area contributed by atoms with E-state index in [1.807, 2.05) is 6.07 Å². The third kappa shape index (κ3) is 4.16. The molecule has 0 saturated carbocycles. The third-order valence-electron chi connectivity index (χ3n) is 2.68. The number of aromatic nitrogens is 2. The van der Waals surface area contributed by atoms with Gasteiger partial charge in [-0.1, -0.05) is 6.07 Å². The number of benzene rings is 1. The molecule has 0 aliphatic heterocycles. The fourth-order valence-electron chi connectivity index (χ4n) is 1.72. The van der Waals surface area contributed by atoms with Crippen LogP contribution in [0.5, 0.6) is 11.5 Å². The second-order valence-corrected chi connectivity index (χ2v) is 5.05. The van der Waals surface area contributed by atoms with Crippen LogP contribution < -0.4 is 14.8 Å². The van der Waals surface area contributed by atoms with E-state index in [4.69, 9.17) is 9.47 Å². The topological polar surface area (TPSA) is 73.3 Å². The Hall–Kier alpha value is -2.15. The predicted octanol–water partition coefficient (Wildman–Crippen LogP) is 2.44. The minimum Gasteiger partial charge on any atom is -0.493 e. The van der Waals surface area contributed by atoms with E-state index in [-0.39, 0.29) is 18.3 Å². The SMILES string of the molecule is COc1ccc(CC(=O)Nc2ncc(Br)cn2)cc1OC. The minimum absolute atomic E-state index is 0.194. The summed E-state index contributed by atoms with van der Waals surface area (Å²) in [5.41, 5.74) is 0.808. The van der Waals surface area contributed by atoms with Crippen LogP contribution in [0.1, 0.15) is 5.56 Å². The minimum atomic E-state index is -0.204. The number of carbonyl (C=O) groups is 1. The standard InChI is InChI=1S/C14H14BrN3O3/c1-20-11-4-3-9(5-12(11)21-2)6-13(19)18-14-16-7-10(15)8-17-14/h3-5,7-8H,6H2,1-2H3,(H,16,17,18,19). The lowest BCUT2D eigenvalue weighted by Crippen LogP contribution is -2.16. The molecule has 7 heteroatoms. The van der Waals surface area contributed by atoms with Gasteiger partial charge in [-0.25, -0.2) is 9.97 Å². The van der Waals surface area contributed by atoms with E-state index in [1.54, 1.807) is 38.7 Å². The maximum absolute atomic E-state index is 11.9. The monoisotopic (exact) mass is 351 g/mol. The Bertz CT molecular complexity index is 632. The van der Waals surface area contributed by atoms with Crippen molar-refractivity contribution >= 4 is 27.8 Å². The van der Waals surface area contributed by atoms with Crippen LogP contribution in [0, 0.1) is 0 Å². The first-order chi connectivity index (χ1) is 10.1. The lowest BCUT2D eigenvalue weighted by Gasteiger charge is -2.09. The van der Waals surface area contributed by atoms with E-state index in [1.165, 1.54) is 0 Å². The number of carbonyl (C=O) groups excluding carboxylic acids is 1. The molecule has 1 aromatic carbocycles. The van der Waals surface area contributed by atoms with Crippen molar-refractivity contribution in [3.63, 3.8) is 0 Å². The van der Waals surface area contributed by atoms with Gasteiger partial charge in [0.1, 0.15) is 0 Å². The summed E-state index contributed by atoms with van der Waals surface area (Å²) in [6.45, 7) is 0. The molecule has 1 N–H and O–H groups in total. The van der Waals surface area contributed by atoms with Gasteiger partial charge in [-0.05, 0) is 33.6 Å². The lowest BCUT2D eigenvalue weighted by molar-refractivity contribution is -0.115. The molecule has 0 unspecified atom stereocenters. The first kappa shape index (κ1) is 15.2. The van der Waals surface area contributed by atoms with Crippen molar-refractivity contribution in [1.82, 2.24) is 9.97 Å². The fraction of sp³-hybridized carbons (Fsp3) is 0.214. The number of nitrogens with zero attached hydrogens (tertiary/aromatic N) is 2. The Kier molecular flexibility index (Phi) is 5.10. The van der Waals surface area contributed by atoms with Gasteiger partial charge in [-0.2, -0.15) is 0 Å². The van der Waals surface area contributed by atoms with Gasteiger partial charge in [0, 0.05) is 12.4 Å². The van der Waals surface area contributed by atoms with Crippen molar-refractivity contribution in [2.45, 2.75) is 6.42 Å². The third-order valence-corrected chi connectivity index (χ3v) is 3.09. The molecule has 0 bridgehead atoms. The van der Waals surface area contributed by atoms with Gasteiger partial charge >= 0.3 is 0 Å². The van der Waals surface area contributed by atoms with Crippen molar-refractivity contribution in [2.75, 3.05) is 19.5 Å². The molecule has 21 heavy (non-hydrogen) atoms. The first-order valence-electron chi connectivity index (χ1n) is 6.10. The highest BCUT2D eigenvalue weighted by atomic mass is 79.9. The van der Waals surface area contributed by atoms with Crippen LogP contribution in [-0.4, -0.2) is 30.1 Å². The Morgan fingerprint density at radius 1 is 1.19 bits per heavy atom. The molecule has 1 amide bonds. The van der Waals surface area contributed by atoms with Gasteiger partial charge < -0.3 is 9.47 Å². The zero-order valence-electron chi connectivity index (χ0n) is 11.6. The van der Waals surface area contributed by atoms with Gasteiger partial charge in [0.15, 0.2) is 11.5 Å². The van der Waals surface area contributed by atoms with E-state index in [0.717, 1.165) is 10.0 Å². The van der Waals surface area contributed by atoms with Crippen LogP contribution in [-0.2, 0) is 11.2 Å². The van der Waals surface area contributed by atoms with Gasteiger partial charge in [0.25, 0.3) is 0 Å². The van der Waals surface area contributed by atoms with Crippen LogP contribution in [0.15, 0.2) is 35.1 Å². The summed E-state index contributed by atoms with van der Waals surface area (Å²) in [7, 11) is 3.12. The molecular weight excluding hydrogens is 338 g/mol. The molecule has 2 aromatic rings. The number of ether oxygens (including phenoxy) is 2. The molecular formula is C14H14BrN3O3. The molecule has 0 radical (unpaired) electrons. The number of halogens is 1. The highest BCUT2D eigenvalue weighted by molar-refractivity contribution is 9.10. The first-order valence-corrected chi connectivity index (χ1v) is 6.90. The summed E-state index contributed by atoms with van der Waals surface area (Å²) < 4.78 is 11.1. The lowest BCUT2D eigenvalue weighted by atomic mass is 10.1. The summed E-state index contributed by atoms with van der Waals surface area (Å²) in [4.78, 5) is 19.9. The number of amides is 1. The van der Waals surface area contributed by atoms with Crippen molar-refractivity contribution in [1.29, 1.82) is 0 Å². The zero-order valence-corrected chi connectivity index (χ0v) is 13.2. The van der Waals surface area contributed by atoms with Gasteiger partial charge in [0.2, 0.25) is 11.9 Å². The number of anilines is 1. The normalized spacial score (nSPS) is 10.0. The Morgan fingerprint density at radius 3 is 2.48 bits per heavy atom. The summed E-state index contributed by atoms with van der Waals surface area (Å²) in [5, 5.41) is 2.63. The predicted molar refractivity (Wildman–Crippen MR) is 81.6 cm³/mol. The van der Waals surface area contributed by atoms with Crippen LogP contribution >= 0.6 is 15.9 Å². The second-order valence-electron chi connectivity index (χ2n) is 4.14. The summed E-state index contributed by atoms with van der Waals surface area (Å²) in [6.07, 6.45) is 3.33. The average molecular weight is 352 g/mol. The van der Waals surface area contributed by atoms with E-state index >= 15 is 0 Å². The van der Waals surface area contributed by atoms with Crippen LogP contribution in [0.25, 0.3) is 0 Å². The van der Waals surface area contributed by atoms with Crippen molar-refractivity contribution in [3.05, 3.63) is 40.6 Å². The second kappa shape index (κ2) is 7.03. The van der Waals surface area contributed by atoms with E-state index in [2.05, 4.69) is 31.2 Å². The van der Waals surface area contributed by atoms with E-state index in [0.29, 0.717) is 11.5 Å².